The van der Waals surface area contributed by atoms with Crippen LogP contribution in [0.1, 0.15) is 36.0 Å². The van der Waals surface area contributed by atoms with Gasteiger partial charge in [0.15, 0.2) is 0 Å². The zero-order valence-corrected chi connectivity index (χ0v) is 12.7. The van der Waals surface area contributed by atoms with Crippen molar-refractivity contribution in [2.24, 2.45) is 0 Å². The van der Waals surface area contributed by atoms with Gasteiger partial charge in [-0.2, -0.15) is 0 Å². The van der Waals surface area contributed by atoms with Crippen molar-refractivity contribution in [3.63, 3.8) is 0 Å². The molecule has 0 atom stereocenters. The summed E-state index contributed by atoms with van der Waals surface area (Å²) in [5.41, 5.74) is -0.714. The van der Waals surface area contributed by atoms with Crippen molar-refractivity contribution in [2.45, 2.75) is 31.2 Å². The van der Waals surface area contributed by atoms with Crippen LogP contribution in [0.5, 0.6) is 5.75 Å². The lowest BCUT2D eigenvalue weighted by Gasteiger charge is -2.25. The minimum absolute atomic E-state index is 0.377. The van der Waals surface area contributed by atoms with E-state index >= 15 is 0 Å². The van der Waals surface area contributed by atoms with E-state index in [2.05, 4.69) is 21.2 Å². The summed E-state index contributed by atoms with van der Waals surface area (Å²) in [7, 11) is 1.54. The lowest BCUT2D eigenvalue weighted by molar-refractivity contribution is -0.144. The van der Waals surface area contributed by atoms with Gasteiger partial charge in [-0.15, -0.1) is 0 Å². The lowest BCUT2D eigenvalue weighted by Crippen LogP contribution is -2.52. The summed E-state index contributed by atoms with van der Waals surface area (Å²) in [6.45, 7) is 0. The van der Waals surface area contributed by atoms with Crippen LogP contribution in [0.4, 0.5) is 0 Å². The van der Waals surface area contributed by atoms with Gasteiger partial charge in [0.25, 0.3) is 5.91 Å². The Morgan fingerprint density at radius 3 is 2.50 bits per heavy atom. The molecule has 0 radical (unpaired) electrons. The fourth-order valence-corrected chi connectivity index (χ4v) is 3.01. The van der Waals surface area contributed by atoms with Gasteiger partial charge in [-0.1, -0.05) is 12.8 Å². The molecule has 1 aliphatic carbocycles. The van der Waals surface area contributed by atoms with Crippen molar-refractivity contribution in [1.82, 2.24) is 5.32 Å². The molecule has 20 heavy (non-hydrogen) atoms. The molecular weight excluding hydrogens is 326 g/mol. The lowest BCUT2D eigenvalue weighted by atomic mass is 9.97. The summed E-state index contributed by atoms with van der Waals surface area (Å²) in [6, 6.07) is 4.91. The average molecular weight is 342 g/mol. The molecule has 1 aliphatic rings. The molecule has 2 rings (SSSR count). The maximum Gasteiger partial charge on any atom is 0.329 e. The minimum atomic E-state index is -1.12. The maximum atomic E-state index is 12.2. The van der Waals surface area contributed by atoms with Crippen LogP contribution in [-0.4, -0.2) is 29.6 Å². The van der Waals surface area contributed by atoms with Crippen LogP contribution in [0.15, 0.2) is 22.7 Å². The average Bonchev–Trinajstić information content (AvgIpc) is 2.88. The smallest absolute Gasteiger partial charge is 0.329 e. The Kier molecular flexibility index (Phi) is 4.32. The van der Waals surface area contributed by atoms with Crippen LogP contribution in [-0.2, 0) is 4.79 Å². The molecule has 1 saturated carbocycles. The summed E-state index contributed by atoms with van der Waals surface area (Å²) < 4.78 is 5.75. The number of carboxylic acid groups (broad SMARTS) is 1. The number of aliphatic carboxylic acids is 1. The van der Waals surface area contributed by atoms with Gasteiger partial charge in [0.05, 0.1) is 11.6 Å². The van der Waals surface area contributed by atoms with Crippen LogP contribution in [0.3, 0.4) is 0 Å². The molecule has 0 unspecified atom stereocenters. The van der Waals surface area contributed by atoms with E-state index in [1.54, 1.807) is 18.2 Å². The molecule has 2 N–H and O–H groups in total. The number of ether oxygens (including phenoxy) is 1. The molecule has 6 heteroatoms. The van der Waals surface area contributed by atoms with Gasteiger partial charge in [0.2, 0.25) is 0 Å². The third-order valence-corrected chi connectivity index (χ3v) is 4.25. The number of benzene rings is 1. The fourth-order valence-electron chi connectivity index (χ4n) is 2.47. The number of hydrogen-bond donors (Lipinski definition) is 2. The number of methoxy groups -OCH3 is 1. The van der Waals surface area contributed by atoms with Crippen molar-refractivity contribution in [3.05, 3.63) is 28.2 Å². The normalized spacial score (nSPS) is 16.7. The monoisotopic (exact) mass is 341 g/mol. The van der Waals surface area contributed by atoms with Crippen LogP contribution in [0, 0.1) is 0 Å². The molecule has 0 aromatic heterocycles. The molecule has 1 aromatic rings. The predicted molar refractivity (Wildman–Crippen MR) is 77.0 cm³/mol. The van der Waals surface area contributed by atoms with Gasteiger partial charge < -0.3 is 15.2 Å². The number of halogens is 1. The van der Waals surface area contributed by atoms with Gasteiger partial charge in [0, 0.05) is 5.56 Å². The summed E-state index contributed by atoms with van der Waals surface area (Å²) in [6.07, 6.45) is 2.59. The fraction of sp³-hybridized carbons (Fsp3) is 0.429. The van der Waals surface area contributed by atoms with E-state index in [0.717, 1.165) is 12.8 Å². The SMILES string of the molecule is COc1ccc(C(=O)NC2(C(=O)O)CCCC2)cc1Br. The Morgan fingerprint density at radius 2 is 2.00 bits per heavy atom. The van der Waals surface area contributed by atoms with Gasteiger partial charge in [-0.25, -0.2) is 4.79 Å². The number of carbonyl (C=O) groups excluding carboxylic acids is 1. The standard InChI is InChI=1S/C14H16BrNO4/c1-20-11-5-4-9(8-10(11)15)12(17)16-14(13(18)19)6-2-3-7-14/h4-5,8H,2-3,6-7H2,1H3,(H,16,17)(H,18,19). The van der Waals surface area contributed by atoms with Crippen molar-refractivity contribution in [2.75, 3.05) is 7.11 Å². The Morgan fingerprint density at radius 1 is 1.35 bits per heavy atom. The van der Waals surface area contributed by atoms with Gasteiger partial charge >= 0.3 is 5.97 Å². The quantitative estimate of drug-likeness (QED) is 0.882. The molecule has 0 saturated heterocycles. The Bertz CT molecular complexity index is 538. The third kappa shape index (κ3) is 2.80. The number of rotatable bonds is 4. The second-order valence-electron chi connectivity index (χ2n) is 4.90. The first kappa shape index (κ1) is 14.8. The Hall–Kier alpha value is -1.56. The first-order chi connectivity index (χ1) is 9.48. The van der Waals surface area contributed by atoms with Gasteiger partial charge in [-0.05, 0) is 47.0 Å². The van der Waals surface area contributed by atoms with E-state index in [1.165, 1.54) is 7.11 Å². The zero-order valence-electron chi connectivity index (χ0n) is 11.1. The highest BCUT2D eigenvalue weighted by Crippen LogP contribution is 2.31. The highest BCUT2D eigenvalue weighted by molar-refractivity contribution is 9.10. The van der Waals surface area contributed by atoms with Gasteiger partial charge in [0.1, 0.15) is 11.3 Å². The third-order valence-electron chi connectivity index (χ3n) is 3.63. The molecule has 0 heterocycles. The second kappa shape index (κ2) is 5.83. The van der Waals surface area contributed by atoms with Crippen molar-refractivity contribution in [3.8, 4) is 5.75 Å². The number of nitrogens with one attached hydrogen (secondary N) is 1. The maximum absolute atomic E-state index is 12.2. The first-order valence-electron chi connectivity index (χ1n) is 6.38. The highest BCUT2D eigenvalue weighted by atomic mass is 79.9. The molecule has 0 aliphatic heterocycles. The van der Waals surface area contributed by atoms with Crippen molar-refractivity contribution >= 4 is 27.8 Å². The molecule has 5 nitrogen and oxygen atoms in total. The summed E-state index contributed by atoms with van der Waals surface area (Å²) >= 11 is 3.31. The zero-order chi connectivity index (χ0) is 14.8. The summed E-state index contributed by atoms with van der Waals surface area (Å²) in [5.74, 6) is -0.719. The highest BCUT2D eigenvalue weighted by Gasteiger charge is 2.42. The topological polar surface area (TPSA) is 75.6 Å². The van der Waals surface area contributed by atoms with Crippen molar-refractivity contribution in [1.29, 1.82) is 0 Å². The summed E-state index contributed by atoms with van der Waals surface area (Å²) in [4.78, 5) is 23.6. The number of carboxylic acids is 1. The second-order valence-corrected chi connectivity index (χ2v) is 5.75. The van der Waals surface area contributed by atoms with Crippen LogP contribution in [0.25, 0.3) is 0 Å². The van der Waals surface area contributed by atoms with E-state index < -0.39 is 11.5 Å². The summed E-state index contributed by atoms with van der Waals surface area (Å²) in [5, 5.41) is 12.0. The molecule has 1 amide bonds. The van der Waals surface area contributed by atoms with E-state index in [9.17, 15) is 14.7 Å². The molecular formula is C14H16BrNO4. The van der Waals surface area contributed by atoms with Crippen LogP contribution >= 0.6 is 15.9 Å². The van der Waals surface area contributed by atoms with Crippen LogP contribution in [0.2, 0.25) is 0 Å². The molecule has 1 aromatic carbocycles. The van der Waals surface area contributed by atoms with Gasteiger partial charge in [-0.3, -0.25) is 4.79 Å². The molecule has 1 fully saturated rings. The molecule has 0 spiro atoms. The molecule has 0 bridgehead atoms. The number of hydrogen-bond acceptors (Lipinski definition) is 3. The first-order valence-corrected chi connectivity index (χ1v) is 7.17. The minimum Gasteiger partial charge on any atom is -0.496 e. The van der Waals surface area contributed by atoms with E-state index in [1.807, 2.05) is 0 Å². The molecule has 108 valence electrons. The van der Waals surface area contributed by atoms with E-state index in [-0.39, 0.29) is 5.91 Å². The predicted octanol–water partition coefficient (Wildman–Crippen LogP) is 2.58. The largest absolute Gasteiger partial charge is 0.496 e. The van der Waals surface area contributed by atoms with E-state index in [4.69, 9.17) is 4.74 Å². The number of amides is 1. The van der Waals surface area contributed by atoms with Crippen LogP contribution < -0.4 is 10.1 Å². The van der Waals surface area contributed by atoms with Crippen molar-refractivity contribution < 1.29 is 19.4 Å². The number of carbonyl (C=O) groups is 2. The Labute approximate surface area is 125 Å². The van der Waals surface area contributed by atoms with E-state index in [0.29, 0.717) is 28.6 Å². The Balaban J connectivity index is 2.19.